The summed E-state index contributed by atoms with van der Waals surface area (Å²) in [6, 6.07) is -0.00559. The van der Waals surface area contributed by atoms with E-state index in [4.69, 9.17) is 0 Å². The van der Waals surface area contributed by atoms with E-state index >= 15 is 0 Å². The Morgan fingerprint density at radius 3 is 2.20 bits per heavy atom. The van der Waals surface area contributed by atoms with Gasteiger partial charge in [-0.1, -0.05) is 21.5 Å². The van der Waals surface area contributed by atoms with Gasteiger partial charge in [0.05, 0.1) is 0 Å². The van der Waals surface area contributed by atoms with Gasteiger partial charge in [0.25, 0.3) is 0 Å². The fraction of sp³-hybridized carbons (Fsp3) is 0.667. The van der Waals surface area contributed by atoms with E-state index in [0.29, 0.717) is 5.84 Å². The molecule has 0 atom stereocenters. The highest BCUT2D eigenvalue weighted by molar-refractivity contribution is 8.13. The van der Waals surface area contributed by atoms with Crippen LogP contribution in [-0.2, 0) is 4.79 Å². The Balaban J connectivity index is 4.93. The summed E-state index contributed by atoms with van der Waals surface area (Å²) in [5, 5.41) is 2.52. The van der Waals surface area contributed by atoms with Gasteiger partial charge in [0.1, 0.15) is 5.84 Å². The van der Waals surface area contributed by atoms with Gasteiger partial charge in [-0.2, -0.15) is 0 Å². The lowest BCUT2D eigenvalue weighted by atomic mass is 10.3. The Morgan fingerprint density at radius 1 is 1.40 bits per heavy atom. The lowest BCUT2D eigenvalue weighted by Gasteiger charge is -2.24. The third-order valence-corrected chi connectivity index (χ3v) is 2.24. The highest BCUT2D eigenvalue weighted by Crippen LogP contribution is 2.06. The summed E-state index contributed by atoms with van der Waals surface area (Å²) < 4.78 is 12.0. The maximum absolute atomic E-state index is 12.0. The molecule has 86 valence electrons. The van der Waals surface area contributed by atoms with Crippen LogP contribution in [0.3, 0.4) is 0 Å². The van der Waals surface area contributed by atoms with Crippen molar-refractivity contribution in [2.75, 3.05) is 6.26 Å². The van der Waals surface area contributed by atoms with E-state index in [-0.39, 0.29) is 17.1 Å². The van der Waals surface area contributed by atoms with Gasteiger partial charge in [0, 0.05) is 13.0 Å². The van der Waals surface area contributed by atoms with Gasteiger partial charge in [-0.15, -0.1) is 0 Å². The second kappa shape index (κ2) is 6.55. The summed E-state index contributed by atoms with van der Waals surface area (Å²) in [5.74, 6) is 0.328. The Morgan fingerprint density at radius 2 is 1.93 bits per heavy atom. The van der Waals surface area contributed by atoms with Crippen LogP contribution in [0.5, 0.6) is 0 Å². The number of amidine groups is 2. The van der Waals surface area contributed by atoms with Gasteiger partial charge < -0.3 is 0 Å². The molecule has 0 saturated carbocycles. The molecule has 0 saturated heterocycles. The average molecular weight is 233 g/mol. The molecular weight excluding hydrogens is 217 g/mol. The van der Waals surface area contributed by atoms with Gasteiger partial charge in [0.15, 0.2) is 0 Å². The minimum Gasteiger partial charge on any atom is -0.298 e. The molecule has 0 bridgehead atoms. The molecule has 0 rings (SSSR count). The topological polar surface area (TPSA) is 45.0 Å². The third-order valence-electron chi connectivity index (χ3n) is 1.72. The minimum absolute atomic E-state index is 0.00559. The quantitative estimate of drug-likeness (QED) is 0.515. The van der Waals surface area contributed by atoms with Crippen LogP contribution in [0.2, 0.25) is 0 Å². The van der Waals surface area contributed by atoms with Crippen LogP contribution in [-0.4, -0.2) is 34.1 Å². The van der Waals surface area contributed by atoms with Gasteiger partial charge in [0.2, 0.25) is 11.1 Å². The highest BCUT2D eigenvalue weighted by atomic mass is 32.2. The summed E-state index contributed by atoms with van der Waals surface area (Å²) in [5.41, 5.74) is 0. The molecule has 0 unspecified atom stereocenters. The number of hydrogen-bond donors (Lipinski definition) is 0. The number of carbonyl (C=O) groups excluding carboxylic acids is 1. The Bertz CT molecular complexity index is 289. The number of halogens is 1. The first-order valence-electron chi connectivity index (χ1n) is 4.52. The number of thioether (sulfide) groups is 1. The van der Waals surface area contributed by atoms with Crippen molar-refractivity contribution in [2.24, 2.45) is 10.2 Å². The van der Waals surface area contributed by atoms with Gasteiger partial charge in [-0.05, 0) is 27.0 Å². The largest absolute Gasteiger partial charge is 0.298 e. The van der Waals surface area contributed by atoms with E-state index < -0.39 is 0 Å². The first-order valence-corrected chi connectivity index (χ1v) is 5.74. The first kappa shape index (κ1) is 14.1. The van der Waals surface area contributed by atoms with Crippen molar-refractivity contribution in [2.45, 2.75) is 33.7 Å². The van der Waals surface area contributed by atoms with Crippen LogP contribution in [0.15, 0.2) is 10.2 Å². The highest BCUT2D eigenvalue weighted by Gasteiger charge is 2.16. The molecule has 0 aliphatic rings. The molecule has 0 aromatic rings. The van der Waals surface area contributed by atoms with E-state index in [0.717, 1.165) is 11.8 Å². The molecule has 4 nitrogen and oxygen atoms in total. The van der Waals surface area contributed by atoms with E-state index in [9.17, 15) is 9.28 Å². The third kappa shape index (κ3) is 4.42. The Kier molecular flexibility index (Phi) is 6.15. The molecule has 0 heterocycles. The molecule has 0 aromatic carbocycles. The van der Waals surface area contributed by atoms with Crippen molar-refractivity contribution in [3.8, 4) is 0 Å². The van der Waals surface area contributed by atoms with E-state index in [1.807, 2.05) is 13.8 Å². The lowest BCUT2D eigenvalue weighted by molar-refractivity contribution is -0.126. The molecular formula is C9H16FN3OS. The van der Waals surface area contributed by atoms with Gasteiger partial charge >= 0.3 is 0 Å². The number of hydrogen-bond acceptors (Lipinski definition) is 3. The summed E-state index contributed by atoms with van der Waals surface area (Å²) in [6.07, 6.45) is 1.67. The zero-order valence-corrected chi connectivity index (χ0v) is 10.4. The second-order valence-corrected chi connectivity index (χ2v) is 3.99. The molecule has 0 aromatic heterocycles. The van der Waals surface area contributed by atoms with Crippen LogP contribution in [0, 0.1) is 0 Å². The van der Waals surface area contributed by atoms with Crippen molar-refractivity contribution in [1.29, 1.82) is 0 Å². The number of rotatable bonds is 1. The molecule has 0 aliphatic heterocycles. The summed E-state index contributed by atoms with van der Waals surface area (Å²) in [6.45, 7) is 6.84. The van der Waals surface area contributed by atoms with Crippen molar-refractivity contribution in [3.63, 3.8) is 0 Å². The molecule has 6 heteroatoms. The summed E-state index contributed by atoms with van der Waals surface area (Å²) >= 11 is 1.09. The number of amides is 1. The van der Waals surface area contributed by atoms with Crippen molar-refractivity contribution in [1.82, 2.24) is 4.90 Å². The number of aliphatic imine (C=N–C) groups is 1. The van der Waals surface area contributed by atoms with Crippen LogP contribution in [0.1, 0.15) is 27.7 Å². The first-order chi connectivity index (χ1) is 6.93. The Hall–Kier alpha value is -0.910. The zero-order valence-electron chi connectivity index (χ0n) is 9.61. The molecule has 0 N–H and O–H groups in total. The average Bonchev–Trinajstić information content (AvgIpc) is 2.12. The van der Waals surface area contributed by atoms with E-state index in [1.54, 1.807) is 13.2 Å². The van der Waals surface area contributed by atoms with Crippen LogP contribution >= 0.6 is 11.8 Å². The summed E-state index contributed by atoms with van der Waals surface area (Å²) in [4.78, 5) is 16.7. The minimum atomic E-state index is -0.120. The molecule has 0 fully saturated rings. The molecule has 0 radical (unpaired) electrons. The fourth-order valence-electron chi connectivity index (χ4n) is 1.26. The number of nitrogens with zero attached hydrogens (tertiary/aromatic N) is 3. The SMILES string of the molecule is CSC(=N/F)/N=C(\C)N(C(C)=O)C(C)C. The summed E-state index contributed by atoms with van der Waals surface area (Å²) in [7, 11) is 0. The smallest absolute Gasteiger partial charge is 0.225 e. The van der Waals surface area contributed by atoms with Crippen molar-refractivity contribution >= 4 is 28.7 Å². The monoisotopic (exact) mass is 233 g/mol. The predicted octanol–water partition coefficient (Wildman–Crippen LogP) is 2.27. The van der Waals surface area contributed by atoms with Crippen molar-refractivity contribution in [3.05, 3.63) is 0 Å². The number of carbonyl (C=O) groups is 1. The fourth-order valence-corrected chi connectivity index (χ4v) is 1.55. The van der Waals surface area contributed by atoms with E-state index in [2.05, 4.69) is 10.2 Å². The predicted molar refractivity (Wildman–Crippen MR) is 62.8 cm³/mol. The van der Waals surface area contributed by atoms with Gasteiger partial charge in [-0.3, -0.25) is 9.69 Å². The second-order valence-electron chi connectivity index (χ2n) is 3.21. The molecule has 15 heavy (non-hydrogen) atoms. The van der Waals surface area contributed by atoms with Crippen molar-refractivity contribution < 1.29 is 9.28 Å². The maximum Gasteiger partial charge on any atom is 0.225 e. The zero-order chi connectivity index (χ0) is 12.0. The van der Waals surface area contributed by atoms with Crippen LogP contribution < -0.4 is 0 Å². The van der Waals surface area contributed by atoms with E-state index in [1.165, 1.54) is 11.8 Å². The molecule has 1 amide bonds. The normalized spacial score (nSPS) is 13.3. The lowest BCUT2D eigenvalue weighted by Crippen LogP contribution is -2.39. The maximum atomic E-state index is 12.0. The standard InChI is InChI=1S/C9H16FN3OS/c1-6(2)13(8(4)14)7(3)11-9(12-10)15-5/h6H,1-5H3/b11-7+,12-9+. The molecule has 0 spiro atoms. The van der Waals surface area contributed by atoms with Gasteiger partial charge in [-0.25, -0.2) is 4.99 Å². The Labute approximate surface area is 93.6 Å². The van der Waals surface area contributed by atoms with Crippen LogP contribution in [0.25, 0.3) is 0 Å². The van der Waals surface area contributed by atoms with Crippen LogP contribution in [0.4, 0.5) is 4.48 Å². The molecule has 0 aliphatic carbocycles.